The predicted molar refractivity (Wildman–Crippen MR) is 111 cm³/mol. The minimum absolute atomic E-state index is 0.0476. The topological polar surface area (TPSA) is 67.6 Å². The third-order valence-electron chi connectivity index (χ3n) is 5.87. The van der Waals surface area contributed by atoms with Crippen LogP contribution in [0.4, 0.5) is 5.82 Å². The second-order valence-corrected chi connectivity index (χ2v) is 7.74. The highest BCUT2D eigenvalue weighted by Crippen LogP contribution is 2.32. The summed E-state index contributed by atoms with van der Waals surface area (Å²) in [5.74, 6) is 1.42. The fourth-order valence-electron chi connectivity index (χ4n) is 4.21. The van der Waals surface area contributed by atoms with Crippen molar-refractivity contribution in [2.75, 3.05) is 37.7 Å². The van der Waals surface area contributed by atoms with Gasteiger partial charge in [0.2, 0.25) is 0 Å². The first kappa shape index (κ1) is 16.9. The average molecular weight is 386 g/mol. The summed E-state index contributed by atoms with van der Waals surface area (Å²) in [6.07, 6.45) is 5.81. The van der Waals surface area contributed by atoms with E-state index in [0.29, 0.717) is 12.5 Å². The molecule has 1 aromatic carbocycles. The van der Waals surface area contributed by atoms with Crippen LogP contribution >= 0.6 is 0 Å². The monoisotopic (exact) mass is 386 g/mol. The number of aromatic nitrogens is 4. The fraction of sp³-hybridized carbons (Fsp3) is 0.318. The van der Waals surface area contributed by atoms with E-state index in [1.807, 2.05) is 18.5 Å². The molecule has 146 valence electrons. The third kappa shape index (κ3) is 2.94. The number of ether oxygens (including phenoxy) is 1. The second kappa shape index (κ2) is 6.79. The number of hydrogen-bond donors (Lipinski definition) is 1. The van der Waals surface area contributed by atoms with Crippen molar-refractivity contribution in [2.45, 2.75) is 12.0 Å². The SMILES string of the molecule is c1ccc2nc(C3CN(c4cn5ccnc(C6CNCCO6)c5n4)C3)ccc2c1. The van der Waals surface area contributed by atoms with Crippen LogP contribution < -0.4 is 10.2 Å². The van der Waals surface area contributed by atoms with Crippen molar-refractivity contribution in [3.63, 3.8) is 0 Å². The van der Waals surface area contributed by atoms with Crippen LogP contribution in [0.3, 0.4) is 0 Å². The van der Waals surface area contributed by atoms with Gasteiger partial charge in [-0.05, 0) is 12.1 Å². The van der Waals surface area contributed by atoms with E-state index in [2.05, 4.69) is 56.1 Å². The molecule has 0 aliphatic carbocycles. The van der Waals surface area contributed by atoms with Gasteiger partial charge in [0.1, 0.15) is 17.6 Å². The van der Waals surface area contributed by atoms with E-state index in [9.17, 15) is 0 Å². The molecule has 1 N–H and O–H groups in total. The lowest BCUT2D eigenvalue weighted by atomic mass is 9.95. The quantitative estimate of drug-likeness (QED) is 0.584. The molecule has 2 saturated heterocycles. The highest BCUT2D eigenvalue weighted by atomic mass is 16.5. The van der Waals surface area contributed by atoms with Gasteiger partial charge in [-0.3, -0.25) is 9.97 Å². The maximum atomic E-state index is 5.89. The third-order valence-corrected chi connectivity index (χ3v) is 5.87. The van der Waals surface area contributed by atoms with Crippen LogP contribution in [0.15, 0.2) is 55.0 Å². The number of rotatable bonds is 3. The summed E-state index contributed by atoms with van der Waals surface area (Å²) >= 11 is 0. The molecule has 3 aromatic heterocycles. The van der Waals surface area contributed by atoms with E-state index >= 15 is 0 Å². The molecule has 7 heteroatoms. The molecule has 0 spiro atoms. The smallest absolute Gasteiger partial charge is 0.163 e. The van der Waals surface area contributed by atoms with Gasteiger partial charge in [0.15, 0.2) is 5.65 Å². The first-order valence-electron chi connectivity index (χ1n) is 10.1. The molecular formula is C22H22N6O. The Bertz CT molecular complexity index is 1180. The molecule has 0 bridgehead atoms. The van der Waals surface area contributed by atoms with Crippen LogP contribution in [0, 0.1) is 0 Å². The van der Waals surface area contributed by atoms with Crippen molar-refractivity contribution in [3.8, 4) is 0 Å². The van der Waals surface area contributed by atoms with Crippen LogP contribution in [-0.2, 0) is 4.74 Å². The normalized spacial score (nSPS) is 20.3. The summed E-state index contributed by atoms with van der Waals surface area (Å²) in [6.45, 7) is 4.22. The first-order chi connectivity index (χ1) is 14.3. The number of anilines is 1. The van der Waals surface area contributed by atoms with Crippen LogP contribution in [0.25, 0.3) is 16.6 Å². The van der Waals surface area contributed by atoms with Crippen molar-refractivity contribution in [3.05, 3.63) is 66.4 Å². The molecular weight excluding hydrogens is 364 g/mol. The van der Waals surface area contributed by atoms with E-state index in [4.69, 9.17) is 14.7 Å². The number of fused-ring (bicyclic) bond motifs is 2. The largest absolute Gasteiger partial charge is 0.369 e. The zero-order valence-corrected chi connectivity index (χ0v) is 16.0. The van der Waals surface area contributed by atoms with Gasteiger partial charge in [0.25, 0.3) is 0 Å². The number of morpholine rings is 1. The average Bonchev–Trinajstić information content (AvgIpc) is 3.17. The molecule has 4 aromatic rings. The van der Waals surface area contributed by atoms with Gasteiger partial charge in [-0.1, -0.05) is 24.3 Å². The number of imidazole rings is 1. The van der Waals surface area contributed by atoms with Gasteiger partial charge in [0.05, 0.1) is 18.3 Å². The maximum absolute atomic E-state index is 5.89. The minimum Gasteiger partial charge on any atom is -0.369 e. The summed E-state index contributed by atoms with van der Waals surface area (Å²) < 4.78 is 7.94. The van der Waals surface area contributed by atoms with Crippen molar-refractivity contribution in [2.24, 2.45) is 0 Å². The summed E-state index contributed by atoms with van der Waals surface area (Å²) in [4.78, 5) is 16.6. The molecule has 29 heavy (non-hydrogen) atoms. The van der Waals surface area contributed by atoms with Crippen LogP contribution in [-0.4, -0.2) is 52.1 Å². The van der Waals surface area contributed by atoms with Crippen molar-refractivity contribution >= 4 is 22.4 Å². The molecule has 6 rings (SSSR count). The van der Waals surface area contributed by atoms with Crippen LogP contribution in [0.2, 0.25) is 0 Å². The molecule has 1 atom stereocenters. The molecule has 5 heterocycles. The van der Waals surface area contributed by atoms with Gasteiger partial charge >= 0.3 is 0 Å². The molecule has 2 aliphatic heterocycles. The van der Waals surface area contributed by atoms with E-state index in [1.165, 1.54) is 5.39 Å². The Morgan fingerprint density at radius 2 is 2.00 bits per heavy atom. The Morgan fingerprint density at radius 3 is 2.90 bits per heavy atom. The zero-order valence-electron chi connectivity index (χ0n) is 16.0. The minimum atomic E-state index is -0.0476. The molecule has 2 aliphatic rings. The maximum Gasteiger partial charge on any atom is 0.163 e. The molecule has 0 radical (unpaired) electrons. The molecule has 7 nitrogen and oxygen atoms in total. The lowest BCUT2D eigenvalue weighted by Gasteiger charge is -2.39. The Hall–Kier alpha value is -3.03. The highest BCUT2D eigenvalue weighted by molar-refractivity contribution is 5.78. The molecule has 0 amide bonds. The molecule has 2 fully saturated rings. The summed E-state index contributed by atoms with van der Waals surface area (Å²) in [5.41, 5.74) is 4.00. The zero-order chi connectivity index (χ0) is 19.2. The van der Waals surface area contributed by atoms with Crippen LogP contribution in [0.1, 0.15) is 23.4 Å². The van der Waals surface area contributed by atoms with Gasteiger partial charge in [-0.15, -0.1) is 0 Å². The van der Waals surface area contributed by atoms with E-state index < -0.39 is 0 Å². The number of pyridine rings is 1. The number of hydrogen-bond acceptors (Lipinski definition) is 6. The number of nitrogens with zero attached hydrogens (tertiary/aromatic N) is 5. The number of benzene rings is 1. The predicted octanol–water partition coefficient (Wildman–Crippen LogP) is 2.54. The number of nitrogens with one attached hydrogen (secondary N) is 1. The Morgan fingerprint density at radius 1 is 1.07 bits per heavy atom. The summed E-state index contributed by atoms with van der Waals surface area (Å²) in [7, 11) is 0. The summed E-state index contributed by atoms with van der Waals surface area (Å²) in [5, 5.41) is 4.55. The van der Waals surface area contributed by atoms with Gasteiger partial charge in [-0.2, -0.15) is 0 Å². The van der Waals surface area contributed by atoms with Gasteiger partial charge in [0, 0.05) is 55.6 Å². The van der Waals surface area contributed by atoms with Gasteiger partial charge in [-0.25, -0.2) is 4.98 Å². The number of para-hydroxylation sites is 1. The van der Waals surface area contributed by atoms with E-state index in [-0.39, 0.29) is 6.10 Å². The second-order valence-electron chi connectivity index (χ2n) is 7.74. The van der Waals surface area contributed by atoms with E-state index in [0.717, 1.165) is 54.5 Å². The Balaban J connectivity index is 1.24. The first-order valence-corrected chi connectivity index (χ1v) is 10.1. The summed E-state index contributed by atoms with van der Waals surface area (Å²) in [6, 6.07) is 12.6. The highest BCUT2D eigenvalue weighted by Gasteiger charge is 2.31. The molecule has 0 saturated carbocycles. The standard InChI is InChI=1S/C22H22N6O/c1-2-4-17-15(3-1)5-6-18(25-17)16-12-28(13-16)20-14-27-9-7-24-21(22(27)26-20)19-11-23-8-10-29-19/h1-7,9,14,16,19,23H,8,10-13H2. The lowest BCUT2D eigenvalue weighted by Crippen LogP contribution is -2.45. The Kier molecular flexibility index (Phi) is 3.95. The Labute approximate surface area is 168 Å². The molecule has 1 unspecified atom stereocenters. The lowest BCUT2D eigenvalue weighted by molar-refractivity contribution is 0.0256. The van der Waals surface area contributed by atoms with Crippen molar-refractivity contribution < 1.29 is 4.74 Å². The van der Waals surface area contributed by atoms with Crippen molar-refractivity contribution in [1.82, 2.24) is 24.7 Å². The van der Waals surface area contributed by atoms with Gasteiger partial charge < -0.3 is 19.4 Å². The fourth-order valence-corrected chi connectivity index (χ4v) is 4.21. The van der Waals surface area contributed by atoms with Crippen LogP contribution in [0.5, 0.6) is 0 Å². The van der Waals surface area contributed by atoms with Crippen molar-refractivity contribution in [1.29, 1.82) is 0 Å². The van der Waals surface area contributed by atoms with E-state index in [1.54, 1.807) is 0 Å².